The van der Waals surface area contributed by atoms with Crippen LogP contribution in [0, 0.1) is 5.92 Å². The number of rotatable bonds is 17. The molecule has 1 heterocycles. The summed E-state index contributed by atoms with van der Waals surface area (Å²) in [5.74, 6) is -1.86. The van der Waals surface area contributed by atoms with E-state index in [2.05, 4.69) is 26.0 Å². The molecular formula is C40H44N6O5. The second kappa shape index (κ2) is 16.9. The number of ether oxygens (including phenoxy) is 1. The largest absolute Gasteiger partial charge is 0.361 e. The molecule has 1 aliphatic heterocycles. The molecule has 4 aromatic carbocycles. The molecule has 5 atom stereocenters. The second-order valence-corrected chi connectivity index (χ2v) is 13.7. The van der Waals surface area contributed by atoms with Crippen LogP contribution in [0.2, 0.25) is 0 Å². The van der Waals surface area contributed by atoms with Crippen molar-refractivity contribution in [3.63, 3.8) is 0 Å². The number of nitrogens with zero attached hydrogens (tertiary/aromatic N) is 3. The molecule has 51 heavy (non-hydrogen) atoms. The third-order valence-corrected chi connectivity index (χ3v) is 9.01. The molecule has 0 aliphatic carbocycles. The number of azide groups is 1. The van der Waals surface area contributed by atoms with Gasteiger partial charge in [-0.1, -0.05) is 122 Å². The van der Waals surface area contributed by atoms with E-state index in [1.165, 1.54) is 0 Å². The number of hydrogen-bond donors (Lipinski definition) is 3. The standard InChI is InChI=1S/C40H44N6O5/c1-26(2)20-32(36(47)40(3)25-51-40)42-37(48)33(22-27-12-6-4-7-13-27)43-38(49)34(24-29-18-19-30-16-10-11-17-31(30)21-29)44-39(50)35(45-46-41)23-28-14-8-5-9-15-28/h4-19,21,26,32-35H,20,22-25H2,1-3H3,(H,42,48)(H,43,49)(H,44,50)/t32-,33-,34-,35-,40+/m0/s1. The number of nitrogens with one attached hydrogen (secondary N) is 3. The molecule has 5 rings (SSSR count). The van der Waals surface area contributed by atoms with Gasteiger partial charge in [-0.15, -0.1) is 0 Å². The van der Waals surface area contributed by atoms with Crippen molar-refractivity contribution in [3.8, 4) is 0 Å². The highest BCUT2D eigenvalue weighted by molar-refractivity contribution is 5.98. The zero-order valence-corrected chi connectivity index (χ0v) is 29.1. The first-order chi connectivity index (χ1) is 24.5. The predicted octanol–water partition coefficient (Wildman–Crippen LogP) is 5.41. The Kier molecular flexibility index (Phi) is 12.2. The average molecular weight is 689 g/mol. The maximum absolute atomic E-state index is 14.3. The Morgan fingerprint density at radius 1 is 0.706 bits per heavy atom. The summed E-state index contributed by atoms with van der Waals surface area (Å²) in [6.07, 6.45) is 0.772. The SMILES string of the molecule is CC(C)C[C@H](NC(=O)[C@H](Cc1ccccc1)NC(=O)[C@H](Cc1ccc2ccccc2c1)NC(=O)[C@H](Cc1ccccc1)N=[N+]=[N-])C(=O)[C@@]1(C)CO1. The van der Waals surface area contributed by atoms with Gasteiger partial charge < -0.3 is 20.7 Å². The number of Topliss-reactive ketones (excluding diaryl/α,β-unsaturated/α-hetero) is 1. The molecule has 0 radical (unpaired) electrons. The highest BCUT2D eigenvalue weighted by Gasteiger charge is 2.50. The van der Waals surface area contributed by atoms with Crippen LogP contribution in [-0.4, -0.2) is 59.9 Å². The fourth-order valence-electron chi connectivity index (χ4n) is 6.09. The van der Waals surface area contributed by atoms with E-state index < -0.39 is 47.5 Å². The molecule has 0 aromatic heterocycles. The van der Waals surface area contributed by atoms with Crippen LogP contribution in [0.5, 0.6) is 0 Å². The van der Waals surface area contributed by atoms with Crippen LogP contribution in [0.1, 0.15) is 43.9 Å². The maximum Gasteiger partial charge on any atom is 0.243 e. The van der Waals surface area contributed by atoms with E-state index in [-0.39, 0.29) is 37.6 Å². The molecule has 3 amide bonds. The summed E-state index contributed by atoms with van der Waals surface area (Å²) >= 11 is 0. The van der Waals surface area contributed by atoms with E-state index in [4.69, 9.17) is 4.74 Å². The fraction of sp³-hybridized carbons (Fsp3) is 0.350. The Hall–Kier alpha value is -5.51. The summed E-state index contributed by atoms with van der Waals surface area (Å²) in [6.45, 7) is 5.93. The van der Waals surface area contributed by atoms with E-state index in [1.807, 2.05) is 117 Å². The molecule has 0 saturated carbocycles. The fourth-order valence-corrected chi connectivity index (χ4v) is 6.09. The summed E-state index contributed by atoms with van der Waals surface area (Å²) in [7, 11) is 0. The van der Waals surface area contributed by atoms with Crippen molar-refractivity contribution in [2.24, 2.45) is 11.0 Å². The van der Waals surface area contributed by atoms with Gasteiger partial charge in [0.2, 0.25) is 17.7 Å². The Morgan fingerprint density at radius 3 is 1.78 bits per heavy atom. The van der Waals surface area contributed by atoms with Gasteiger partial charge in [-0.25, -0.2) is 0 Å². The number of fused-ring (bicyclic) bond motifs is 1. The Labute approximate surface area is 297 Å². The lowest BCUT2D eigenvalue weighted by molar-refractivity contribution is -0.134. The second-order valence-electron chi connectivity index (χ2n) is 13.7. The summed E-state index contributed by atoms with van der Waals surface area (Å²) in [4.78, 5) is 58.2. The number of benzene rings is 4. The summed E-state index contributed by atoms with van der Waals surface area (Å²) in [6, 6.07) is 27.8. The van der Waals surface area contributed by atoms with E-state index in [1.54, 1.807) is 6.92 Å². The lowest BCUT2D eigenvalue weighted by Crippen LogP contribution is -2.58. The van der Waals surface area contributed by atoms with Gasteiger partial charge >= 0.3 is 0 Å². The maximum atomic E-state index is 14.3. The van der Waals surface area contributed by atoms with Gasteiger partial charge in [0.1, 0.15) is 23.7 Å². The Bertz CT molecular complexity index is 1890. The smallest absolute Gasteiger partial charge is 0.243 e. The van der Waals surface area contributed by atoms with E-state index in [0.717, 1.165) is 27.5 Å². The lowest BCUT2D eigenvalue weighted by atomic mass is 9.93. The average Bonchev–Trinajstić information content (AvgIpc) is 3.88. The van der Waals surface area contributed by atoms with E-state index >= 15 is 0 Å². The summed E-state index contributed by atoms with van der Waals surface area (Å²) in [5, 5.41) is 14.4. The number of hydrogen-bond acceptors (Lipinski definition) is 6. The lowest BCUT2D eigenvalue weighted by Gasteiger charge is -2.27. The van der Waals surface area contributed by atoms with Gasteiger partial charge in [0, 0.05) is 17.8 Å². The van der Waals surface area contributed by atoms with Crippen LogP contribution in [-0.2, 0) is 43.2 Å². The van der Waals surface area contributed by atoms with Crippen LogP contribution in [0.4, 0.5) is 0 Å². The number of epoxide rings is 1. The number of ketones is 1. The highest BCUT2D eigenvalue weighted by atomic mass is 16.6. The molecule has 3 N–H and O–H groups in total. The van der Waals surface area contributed by atoms with Gasteiger partial charge in [-0.3, -0.25) is 19.2 Å². The molecule has 0 spiro atoms. The Balaban J connectivity index is 1.42. The van der Waals surface area contributed by atoms with Crippen LogP contribution in [0.3, 0.4) is 0 Å². The number of carbonyl (C=O) groups is 4. The molecule has 11 nitrogen and oxygen atoms in total. The van der Waals surface area contributed by atoms with Crippen molar-refractivity contribution in [1.29, 1.82) is 0 Å². The van der Waals surface area contributed by atoms with Gasteiger partial charge in [0.15, 0.2) is 5.78 Å². The van der Waals surface area contributed by atoms with E-state index in [0.29, 0.717) is 6.42 Å². The zero-order chi connectivity index (χ0) is 36.4. The molecule has 264 valence electrons. The van der Waals surface area contributed by atoms with Crippen LogP contribution in [0.15, 0.2) is 108 Å². The molecule has 0 bridgehead atoms. The summed E-state index contributed by atoms with van der Waals surface area (Å²) in [5.41, 5.74) is 10.7. The first kappa shape index (κ1) is 36.8. The third kappa shape index (κ3) is 10.3. The van der Waals surface area contributed by atoms with Crippen LogP contribution in [0.25, 0.3) is 21.2 Å². The van der Waals surface area contributed by atoms with Crippen LogP contribution >= 0.6 is 0 Å². The molecule has 1 fully saturated rings. The van der Waals surface area contributed by atoms with Crippen molar-refractivity contribution in [3.05, 3.63) is 130 Å². The van der Waals surface area contributed by atoms with Gasteiger partial charge in [-0.2, -0.15) is 0 Å². The summed E-state index contributed by atoms with van der Waals surface area (Å²) < 4.78 is 5.41. The minimum atomic E-state index is -1.14. The number of carbonyl (C=O) groups excluding carboxylic acids is 4. The number of amides is 3. The highest BCUT2D eigenvalue weighted by Crippen LogP contribution is 2.29. The van der Waals surface area contributed by atoms with Gasteiger partial charge in [0.05, 0.1) is 12.6 Å². The molecular weight excluding hydrogens is 644 g/mol. The molecule has 1 saturated heterocycles. The normalized spacial score (nSPS) is 17.3. The monoisotopic (exact) mass is 688 g/mol. The topological polar surface area (TPSA) is 166 Å². The van der Waals surface area contributed by atoms with Crippen molar-refractivity contribution in [2.75, 3.05) is 6.61 Å². The van der Waals surface area contributed by atoms with Crippen molar-refractivity contribution < 1.29 is 23.9 Å². The van der Waals surface area contributed by atoms with Crippen molar-refractivity contribution >= 4 is 34.3 Å². The quantitative estimate of drug-likeness (QED) is 0.0584. The van der Waals surface area contributed by atoms with Gasteiger partial charge in [0.25, 0.3) is 0 Å². The molecule has 11 heteroatoms. The van der Waals surface area contributed by atoms with E-state index in [9.17, 15) is 24.7 Å². The zero-order valence-electron chi connectivity index (χ0n) is 29.1. The molecule has 0 unspecified atom stereocenters. The van der Waals surface area contributed by atoms with Gasteiger partial charge in [-0.05, 0) is 58.7 Å². The minimum Gasteiger partial charge on any atom is -0.361 e. The third-order valence-electron chi connectivity index (χ3n) is 9.01. The first-order valence-electron chi connectivity index (χ1n) is 17.2. The predicted molar refractivity (Wildman–Crippen MR) is 195 cm³/mol. The van der Waals surface area contributed by atoms with Crippen molar-refractivity contribution in [2.45, 2.75) is 76.2 Å². The minimum absolute atomic E-state index is 0.0978. The Morgan fingerprint density at radius 2 is 1.22 bits per heavy atom. The van der Waals surface area contributed by atoms with Crippen molar-refractivity contribution in [1.82, 2.24) is 16.0 Å². The van der Waals surface area contributed by atoms with Crippen LogP contribution < -0.4 is 16.0 Å². The molecule has 4 aromatic rings. The first-order valence-corrected chi connectivity index (χ1v) is 17.2. The molecule has 1 aliphatic rings.